The highest BCUT2D eigenvalue weighted by atomic mass is 16.5. The van der Waals surface area contributed by atoms with E-state index in [9.17, 15) is 14.4 Å². The molecule has 2 rings (SSSR count). The summed E-state index contributed by atoms with van der Waals surface area (Å²) in [5.41, 5.74) is 1.98. The molecule has 0 saturated carbocycles. The third-order valence-corrected chi connectivity index (χ3v) is 6.38. The summed E-state index contributed by atoms with van der Waals surface area (Å²) >= 11 is 0. The summed E-state index contributed by atoms with van der Waals surface area (Å²) < 4.78 is 5.37. The van der Waals surface area contributed by atoms with Crippen LogP contribution in [0.25, 0.3) is 0 Å². The van der Waals surface area contributed by atoms with Crippen LogP contribution in [0, 0.1) is 6.92 Å². The standard InChI is InChI=1S/C27H42N2O4/c1-3-4-5-6-7-8-9-10-11-14-19-33-26(31)21-24-27(32)28-17-18-29(24)25(30)20-23-16-13-12-15-22(23)2/h12-13,15-16,24H,3-11,14,17-21H2,1-2H3,(H,28,32). The van der Waals surface area contributed by atoms with Gasteiger partial charge < -0.3 is 15.0 Å². The van der Waals surface area contributed by atoms with Gasteiger partial charge in [0.1, 0.15) is 6.04 Å². The van der Waals surface area contributed by atoms with Gasteiger partial charge >= 0.3 is 5.97 Å². The Morgan fingerprint density at radius 3 is 2.30 bits per heavy atom. The van der Waals surface area contributed by atoms with Gasteiger partial charge in [-0.2, -0.15) is 0 Å². The summed E-state index contributed by atoms with van der Waals surface area (Å²) in [4.78, 5) is 39.2. The molecular weight excluding hydrogens is 416 g/mol. The van der Waals surface area contributed by atoms with Crippen molar-refractivity contribution < 1.29 is 19.1 Å². The number of piperazine rings is 1. The first kappa shape index (κ1) is 26.9. The third kappa shape index (κ3) is 9.97. The topological polar surface area (TPSA) is 75.7 Å². The molecule has 1 saturated heterocycles. The average molecular weight is 459 g/mol. The van der Waals surface area contributed by atoms with Crippen LogP contribution in [-0.2, 0) is 25.5 Å². The number of amides is 2. The Kier molecular flexibility index (Phi) is 12.6. The Bertz CT molecular complexity index is 749. The predicted octanol–water partition coefficient (Wildman–Crippen LogP) is 4.72. The number of benzene rings is 1. The number of carbonyl (C=O) groups is 3. The molecule has 0 aliphatic carbocycles. The number of nitrogens with zero attached hydrogens (tertiary/aromatic N) is 1. The maximum absolute atomic E-state index is 12.9. The van der Waals surface area contributed by atoms with Crippen molar-refractivity contribution in [3.05, 3.63) is 35.4 Å². The van der Waals surface area contributed by atoms with Gasteiger partial charge in [0.15, 0.2) is 0 Å². The highest BCUT2D eigenvalue weighted by Gasteiger charge is 2.35. The van der Waals surface area contributed by atoms with E-state index in [2.05, 4.69) is 12.2 Å². The molecule has 1 fully saturated rings. The van der Waals surface area contributed by atoms with Crippen molar-refractivity contribution in [2.45, 2.75) is 96.9 Å². The quantitative estimate of drug-likeness (QED) is 0.305. The lowest BCUT2D eigenvalue weighted by Gasteiger charge is -2.34. The molecule has 2 amide bonds. The van der Waals surface area contributed by atoms with Gasteiger partial charge in [0.25, 0.3) is 0 Å². The average Bonchev–Trinajstić information content (AvgIpc) is 2.80. The fourth-order valence-electron chi connectivity index (χ4n) is 4.28. The van der Waals surface area contributed by atoms with Crippen molar-refractivity contribution in [2.24, 2.45) is 0 Å². The van der Waals surface area contributed by atoms with Gasteiger partial charge in [0, 0.05) is 13.1 Å². The van der Waals surface area contributed by atoms with Crippen molar-refractivity contribution >= 4 is 17.8 Å². The van der Waals surface area contributed by atoms with Crippen molar-refractivity contribution in [3.8, 4) is 0 Å². The van der Waals surface area contributed by atoms with E-state index in [1.165, 1.54) is 49.8 Å². The molecule has 0 spiro atoms. The van der Waals surface area contributed by atoms with Crippen LogP contribution in [0.1, 0.15) is 88.7 Å². The lowest BCUT2D eigenvalue weighted by atomic mass is 10.0. The molecule has 1 aromatic rings. The normalized spacial score (nSPS) is 15.9. The number of aryl methyl sites for hydroxylation is 1. The minimum atomic E-state index is -0.796. The van der Waals surface area contributed by atoms with E-state index in [0.29, 0.717) is 19.7 Å². The lowest BCUT2D eigenvalue weighted by molar-refractivity contribution is -0.151. The molecule has 1 aliphatic heterocycles. The number of nitrogens with one attached hydrogen (secondary N) is 1. The zero-order valence-corrected chi connectivity index (χ0v) is 20.6. The first-order chi connectivity index (χ1) is 16.0. The molecule has 0 aromatic heterocycles. The van der Waals surface area contributed by atoms with E-state index in [-0.39, 0.29) is 24.7 Å². The maximum atomic E-state index is 12.9. The van der Waals surface area contributed by atoms with E-state index < -0.39 is 12.0 Å². The number of hydrogen-bond donors (Lipinski definition) is 1. The summed E-state index contributed by atoms with van der Waals surface area (Å²) in [6.07, 6.45) is 12.3. The first-order valence-corrected chi connectivity index (χ1v) is 12.8. The Hall–Kier alpha value is -2.37. The van der Waals surface area contributed by atoms with E-state index in [4.69, 9.17) is 4.74 Å². The number of unbranched alkanes of at least 4 members (excludes halogenated alkanes) is 9. The Labute approximate surface area is 199 Å². The molecule has 1 aliphatic rings. The summed E-state index contributed by atoms with van der Waals surface area (Å²) in [5, 5.41) is 2.77. The molecule has 1 heterocycles. The molecular formula is C27H42N2O4. The predicted molar refractivity (Wildman–Crippen MR) is 131 cm³/mol. The van der Waals surface area contributed by atoms with E-state index >= 15 is 0 Å². The van der Waals surface area contributed by atoms with Crippen LogP contribution in [0.3, 0.4) is 0 Å². The number of esters is 1. The van der Waals surface area contributed by atoms with Gasteiger partial charge in [-0.25, -0.2) is 0 Å². The number of rotatable bonds is 15. The van der Waals surface area contributed by atoms with Crippen molar-refractivity contribution in [3.63, 3.8) is 0 Å². The zero-order valence-electron chi connectivity index (χ0n) is 20.6. The van der Waals surface area contributed by atoms with Gasteiger partial charge in [-0.3, -0.25) is 14.4 Å². The summed E-state index contributed by atoms with van der Waals surface area (Å²) in [6, 6.07) is 6.93. The number of hydrogen-bond acceptors (Lipinski definition) is 4. The molecule has 6 nitrogen and oxygen atoms in total. The fraction of sp³-hybridized carbons (Fsp3) is 0.667. The first-order valence-electron chi connectivity index (χ1n) is 12.8. The van der Waals surface area contributed by atoms with Crippen molar-refractivity contribution in [1.29, 1.82) is 0 Å². The molecule has 1 aromatic carbocycles. The molecule has 184 valence electrons. The van der Waals surface area contributed by atoms with Crippen LogP contribution in [-0.4, -0.2) is 48.4 Å². The molecule has 6 heteroatoms. The van der Waals surface area contributed by atoms with Crippen LogP contribution in [0.15, 0.2) is 24.3 Å². The minimum Gasteiger partial charge on any atom is -0.466 e. The minimum absolute atomic E-state index is 0.0941. The Morgan fingerprint density at radius 1 is 1.00 bits per heavy atom. The van der Waals surface area contributed by atoms with E-state index in [0.717, 1.165) is 30.4 Å². The molecule has 1 atom stereocenters. The van der Waals surface area contributed by atoms with Gasteiger partial charge in [-0.05, 0) is 24.5 Å². The highest BCUT2D eigenvalue weighted by Crippen LogP contribution is 2.15. The van der Waals surface area contributed by atoms with Gasteiger partial charge in [0.05, 0.1) is 19.4 Å². The highest BCUT2D eigenvalue weighted by molar-refractivity contribution is 5.92. The van der Waals surface area contributed by atoms with Crippen molar-refractivity contribution in [2.75, 3.05) is 19.7 Å². The number of carbonyl (C=O) groups excluding carboxylic acids is 3. The molecule has 0 radical (unpaired) electrons. The molecule has 1 N–H and O–H groups in total. The zero-order chi connectivity index (χ0) is 23.9. The molecule has 33 heavy (non-hydrogen) atoms. The van der Waals surface area contributed by atoms with Crippen LogP contribution in [0.5, 0.6) is 0 Å². The summed E-state index contributed by atoms with van der Waals surface area (Å²) in [6.45, 7) is 5.39. The second-order valence-corrected chi connectivity index (χ2v) is 9.10. The van der Waals surface area contributed by atoms with E-state index in [1.54, 1.807) is 0 Å². The Balaban J connectivity index is 1.68. The monoisotopic (exact) mass is 458 g/mol. The molecule has 1 unspecified atom stereocenters. The molecule has 0 bridgehead atoms. The largest absolute Gasteiger partial charge is 0.466 e. The summed E-state index contributed by atoms with van der Waals surface area (Å²) in [5.74, 6) is -0.830. The van der Waals surface area contributed by atoms with Crippen LogP contribution < -0.4 is 5.32 Å². The van der Waals surface area contributed by atoms with Crippen molar-refractivity contribution in [1.82, 2.24) is 10.2 Å². The van der Waals surface area contributed by atoms with Gasteiger partial charge in [-0.15, -0.1) is 0 Å². The SMILES string of the molecule is CCCCCCCCCCCCOC(=O)CC1C(=O)NCCN1C(=O)Cc1ccccc1C. The van der Waals surface area contributed by atoms with Gasteiger partial charge in [-0.1, -0.05) is 89.0 Å². The van der Waals surface area contributed by atoms with E-state index in [1.807, 2.05) is 31.2 Å². The van der Waals surface area contributed by atoms with Crippen LogP contribution >= 0.6 is 0 Å². The second-order valence-electron chi connectivity index (χ2n) is 9.10. The number of ether oxygens (including phenoxy) is 1. The summed E-state index contributed by atoms with van der Waals surface area (Å²) in [7, 11) is 0. The smallest absolute Gasteiger partial charge is 0.308 e. The Morgan fingerprint density at radius 2 is 1.64 bits per heavy atom. The van der Waals surface area contributed by atoms with Crippen LogP contribution in [0.2, 0.25) is 0 Å². The third-order valence-electron chi connectivity index (χ3n) is 6.38. The lowest BCUT2D eigenvalue weighted by Crippen LogP contribution is -2.58. The van der Waals surface area contributed by atoms with Crippen LogP contribution in [0.4, 0.5) is 0 Å². The second kappa shape index (κ2) is 15.5. The fourth-order valence-corrected chi connectivity index (χ4v) is 4.28. The van der Waals surface area contributed by atoms with Gasteiger partial charge in [0.2, 0.25) is 11.8 Å². The maximum Gasteiger partial charge on any atom is 0.308 e.